The normalized spacial score (nSPS) is 11.7. The quantitative estimate of drug-likeness (QED) is 0.459. The molecule has 0 saturated carbocycles. The lowest BCUT2D eigenvalue weighted by Crippen LogP contribution is -2.28. The number of nitrogens with one attached hydrogen (secondary N) is 2. The standard InChI is InChI=1S/C22H23N9O/c1-14-7-10-24-20(27-14)15(2)28-22(32)16-5-4-6-17(11-16)25-12-19-29-30-21(31(19)3)18-8-9-23-13-26-18/h4-11,13,15,25H,12H2,1-3H3,(H,28,32). The van der Waals surface area contributed by atoms with Crippen molar-refractivity contribution in [2.75, 3.05) is 5.32 Å². The number of nitrogens with zero attached hydrogens (tertiary/aromatic N) is 7. The van der Waals surface area contributed by atoms with Crippen molar-refractivity contribution in [3.8, 4) is 11.5 Å². The number of benzene rings is 1. The van der Waals surface area contributed by atoms with E-state index >= 15 is 0 Å². The number of amides is 1. The van der Waals surface area contributed by atoms with E-state index in [0.29, 0.717) is 29.5 Å². The summed E-state index contributed by atoms with van der Waals surface area (Å²) in [5, 5.41) is 14.7. The molecule has 3 aromatic heterocycles. The van der Waals surface area contributed by atoms with Crippen molar-refractivity contribution in [2.24, 2.45) is 7.05 Å². The summed E-state index contributed by atoms with van der Waals surface area (Å²) >= 11 is 0. The first-order chi connectivity index (χ1) is 15.5. The maximum absolute atomic E-state index is 12.7. The number of aromatic nitrogens is 7. The van der Waals surface area contributed by atoms with Gasteiger partial charge in [-0.15, -0.1) is 10.2 Å². The van der Waals surface area contributed by atoms with Gasteiger partial charge in [-0.2, -0.15) is 0 Å². The van der Waals surface area contributed by atoms with Crippen molar-refractivity contribution in [2.45, 2.75) is 26.4 Å². The molecule has 0 fully saturated rings. The lowest BCUT2D eigenvalue weighted by molar-refractivity contribution is 0.0938. The number of rotatable bonds is 7. The fraction of sp³-hybridized carbons (Fsp3) is 0.227. The molecular formula is C22H23N9O. The van der Waals surface area contributed by atoms with Crippen LogP contribution in [0.1, 0.15) is 40.7 Å². The largest absolute Gasteiger partial charge is 0.378 e. The SMILES string of the molecule is Cc1ccnc(C(C)NC(=O)c2cccc(NCc3nnc(-c4ccncn4)n3C)c2)n1. The molecule has 0 aliphatic heterocycles. The molecule has 4 rings (SSSR count). The van der Waals surface area contributed by atoms with Crippen LogP contribution >= 0.6 is 0 Å². The molecule has 10 nitrogen and oxygen atoms in total. The summed E-state index contributed by atoms with van der Waals surface area (Å²) in [5.41, 5.74) is 2.89. The number of hydrogen-bond acceptors (Lipinski definition) is 8. The summed E-state index contributed by atoms with van der Waals surface area (Å²) in [4.78, 5) is 29.5. The fourth-order valence-electron chi connectivity index (χ4n) is 3.13. The molecule has 4 aromatic rings. The van der Waals surface area contributed by atoms with Crippen LogP contribution in [0.15, 0.2) is 55.1 Å². The van der Waals surface area contributed by atoms with E-state index in [1.807, 2.05) is 43.7 Å². The monoisotopic (exact) mass is 429 g/mol. The Morgan fingerprint density at radius 2 is 2.00 bits per heavy atom. The zero-order chi connectivity index (χ0) is 22.5. The van der Waals surface area contributed by atoms with Crippen molar-refractivity contribution in [1.82, 2.24) is 40.0 Å². The Hall–Kier alpha value is -4.21. The predicted molar refractivity (Wildman–Crippen MR) is 118 cm³/mol. The molecule has 0 saturated heterocycles. The van der Waals surface area contributed by atoms with Crippen molar-refractivity contribution in [3.05, 3.63) is 78.0 Å². The Balaban J connectivity index is 1.41. The molecule has 0 radical (unpaired) electrons. The Morgan fingerprint density at radius 3 is 2.78 bits per heavy atom. The van der Waals surface area contributed by atoms with Gasteiger partial charge in [0.05, 0.1) is 12.6 Å². The van der Waals surface area contributed by atoms with Crippen LogP contribution in [0.5, 0.6) is 0 Å². The molecule has 10 heteroatoms. The van der Waals surface area contributed by atoms with E-state index in [2.05, 4.69) is 40.8 Å². The highest BCUT2D eigenvalue weighted by Gasteiger charge is 2.15. The molecule has 1 aromatic carbocycles. The third-order valence-corrected chi connectivity index (χ3v) is 4.90. The lowest BCUT2D eigenvalue weighted by atomic mass is 10.1. The minimum Gasteiger partial charge on any atom is -0.378 e. The topological polar surface area (TPSA) is 123 Å². The first-order valence-corrected chi connectivity index (χ1v) is 10.1. The molecule has 0 bridgehead atoms. The fourth-order valence-corrected chi connectivity index (χ4v) is 3.13. The lowest BCUT2D eigenvalue weighted by Gasteiger charge is -2.14. The van der Waals surface area contributed by atoms with Crippen LogP contribution in [0.2, 0.25) is 0 Å². The van der Waals surface area contributed by atoms with E-state index < -0.39 is 0 Å². The zero-order valence-corrected chi connectivity index (χ0v) is 18.0. The van der Waals surface area contributed by atoms with Crippen LogP contribution in [-0.2, 0) is 13.6 Å². The Kier molecular flexibility index (Phi) is 6.11. The van der Waals surface area contributed by atoms with Crippen molar-refractivity contribution in [1.29, 1.82) is 0 Å². The van der Waals surface area contributed by atoms with Crippen molar-refractivity contribution < 1.29 is 4.79 Å². The highest BCUT2D eigenvalue weighted by atomic mass is 16.1. The van der Waals surface area contributed by atoms with Crippen molar-refractivity contribution in [3.63, 3.8) is 0 Å². The average molecular weight is 429 g/mol. The molecule has 0 spiro atoms. The smallest absolute Gasteiger partial charge is 0.251 e. The maximum atomic E-state index is 12.7. The average Bonchev–Trinajstić information content (AvgIpc) is 3.18. The van der Waals surface area contributed by atoms with Crippen LogP contribution < -0.4 is 10.6 Å². The maximum Gasteiger partial charge on any atom is 0.251 e. The second-order valence-electron chi connectivity index (χ2n) is 7.28. The Morgan fingerprint density at radius 1 is 1.12 bits per heavy atom. The highest BCUT2D eigenvalue weighted by molar-refractivity contribution is 5.95. The van der Waals surface area contributed by atoms with Gasteiger partial charge >= 0.3 is 0 Å². The van der Waals surface area contributed by atoms with Gasteiger partial charge in [-0.1, -0.05) is 6.07 Å². The van der Waals surface area contributed by atoms with Gasteiger partial charge in [-0.05, 0) is 44.2 Å². The Labute approximate surface area is 185 Å². The van der Waals surface area contributed by atoms with Gasteiger partial charge in [0.15, 0.2) is 11.6 Å². The number of anilines is 1. The second-order valence-corrected chi connectivity index (χ2v) is 7.28. The van der Waals surface area contributed by atoms with Gasteiger partial charge in [0.25, 0.3) is 5.91 Å². The molecule has 2 N–H and O–H groups in total. The number of aryl methyl sites for hydroxylation is 1. The van der Waals surface area contributed by atoms with E-state index in [-0.39, 0.29) is 11.9 Å². The van der Waals surface area contributed by atoms with Gasteiger partial charge in [0, 0.05) is 36.4 Å². The van der Waals surface area contributed by atoms with Crippen LogP contribution in [0, 0.1) is 6.92 Å². The molecule has 162 valence electrons. The first kappa shape index (κ1) is 21.0. The summed E-state index contributed by atoms with van der Waals surface area (Å²) in [6.45, 7) is 4.19. The summed E-state index contributed by atoms with van der Waals surface area (Å²) in [6, 6.07) is 10.6. The van der Waals surface area contributed by atoms with Crippen molar-refractivity contribution >= 4 is 11.6 Å². The molecule has 32 heavy (non-hydrogen) atoms. The van der Waals surface area contributed by atoms with E-state index in [4.69, 9.17) is 0 Å². The highest BCUT2D eigenvalue weighted by Crippen LogP contribution is 2.16. The van der Waals surface area contributed by atoms with E-state index in [9.17, 15) is 4.79 Å². The number of carbonyl (C=O) groups is 1. The van der Waals surface area contributed by atoms with E-state index in [1.165, 1.54) is 6.33 Å². The molecular weight excluding hydrogens is 406 g/mol. The molecule has 0 aliphatic rings. The second kappa shape index (κ2) is 9.29. The predicted octanol–water partition coefficient (Wildman–Crippen LogP) is 2.47. The van der Waals surface area contributed by atoms with Gasteiger partial charge < -0.3 is 15.2 Å². The number of hydrogen-bond donors (Lipinski definition) is 2. The van der Waals surface area contributed by atoms with Gasteiger partial charge in [-0.3, -0.25) is 4.79 Å². The van der Waals surface area contributed by atoms with Crippen LogP contribution in [0.3, 0.4) is 0 Å². The molecule has 1 unspecified atom stereocenters. The third-order valence-electron chi connectivity index (χ3n) is 4.90. The van der Waals surface area contributed by atoms with Crippen LogP contribution in [0.25, 0.3) is 11.5 Å². The molecule has 1 atom stereocenters. The van der Waals surface area contributed by atoms with Gasteiger partial charge in [-0.25, -0.2) is 19.9 Å². The van der Waals surface area contributed by atoms with Crippen LogP contribution in [-0.4, -0.2) is 40.6 Å². The van der Waals surface area contributed by atoms with Crippen LogP contribution in [0.4, 0.5) is 5.69 Å². The summed E-state index contributed by atoms with van der Waals surface area (Å²) in [7, 11) is 1.88. The summed E-state index contributed by atoms with van der Waals surface area (Å²) in [6.07, 6.45) is 4.83. The Bertz CT molecular complexity index is 1220. The van der Waals surface area contributed by atoms with Gasteiger partial charge in [0.1, 0.15) is 17.8 Å². The third kappa shape index (κ3) is 4.75. The molecule has 1 amide bonds. The minimum absolute atomic E-state index is 0.198. The molecule has 0 aliphatic carbocycles. The summed E-state index contributed by atoms with van der Waals surface area (Å²) in [5.74, 6) is 1.77. The van der Waals surface area contributed by atoms with E-state index in [1.54, 1.807) is 30.6 Å². The number of carbonyl (C=O) groups excluding carboxylic acids is 1. The summed E-state index contributed by atoms with van der Waals surface area (Å²) < 4.78 is 1.87. The molecule has 3 heterocycles. The van der Waals surface area contributed by atoms with Gasteiger partial charge in [0.2, 0.25) is 0 Å². The zero-order valence-electron chi connectivity index (χ0n) is 18.0. The first-order valence-electron chi connectivity index (χ1n) is 10.1. The minimum atomic E-state index is -0.308. The van der Waals surface area contributed by atoms with E-state index in [0.717, 1.165) is 17.2 Å².